The Balaban J connectivity index is 0.971. The fourth-order valence-corrected chi connectivity index (χ4v) is 11.9. The van der Waals surface area contributed by atoms with Gasteiger partial charge in [-0.15, -0.1) is 0 Å². The van der Waals surface area contributed by atoms with Crippen molar-refractivity contribution >= 4 is 57.4 Å². The number of nitrogens with zero attached hydrogens (tertiary/aromatic N) is 6. The van der Waals surface area contributed by atoms with Crippen LogP contribution in [-0.4, -0.2) is 104 Å². The van der Waals surface area contributed by atoms with E-state index in [1.165, 1.54) is 19.2 Å². The first kappa shape index (κ1) is 46.3. The first-order valence-corrected chi connectivity index (χ1v) is 24.6. The topological polar surface area (TPSA) is 192 Å². The Morgan fingerprint density at radius 2 is 1.16 bits per heavy atom. The number of imidazole rings is 2. The van der Waals surface area contributed by atoms with E-state index >= 15 is 8.78 Å². The SMILES string of the molecule is COC(=O)N[C@H](C(=O)N1CCC[C@H]1c1nc2ccc([C@H]3CC[C@H](c4ccc5nc([C@@H]6CCCN6C(=O)[C@@H](NC(=O)O)C(C)C)[nH]c5c4)N3c3cc(F)c(N4C[C@H]5CC[C@H]5C4)c(F)c3)cc2[nH]1)C(C)C. The highest BCUT2D eigenvalue weighted by atomic mass is 19.1. The van der Waals surface area contributed by atoms with Crippen LogP contribution in [0, 0.1) is 35.3 Å². The number of rotatable bonds is 12. The van der Waals surface area contributed by atoms with Crippen molar-refractivity contribution < 1.29 is 37.8 Å². The highest BCUT2D eigenvalue weighted by Crippen LogP contribution is 2.50. The van der Waals surface area contributed by atoms with Crippen LogP contribution >= 0.6 is 0 Å². The van der Waals surface area contributed by atoms with E-state index in [1.54, 1.807) is 9.80 Å². The monoisotopic (exact) mass is 948 g/mol. The summed E-state index contributed by atoms with van der Waals surface area (Å²) >= 11 is 0. The number of aromatic nitrogens is 4. The van der Waals surface area contributed by atoms with Crippen molar-refractivity contribution in [1.82, 2.24) is 40.4 Å². The molecule has 4 aliphatic heterocycles. The highest BCUT2D eigenvalue weighted by molar-refractivity contribution is 5.87. The number of hydrogen-bond donors (Lipinski definition) is 5. The van der Waals surface area contributed by atoms with Crippen molar-refractivity contribution in [3.05, 3.63) is 82.9 Å². The van der Waals surface area contributed by atoms with Gasteiger partial charge in [0.1, 0.15) is 29.4 Å². The van der Waals surface area contributed by atoms with Gasteiger partial charge in [-0.25, -0.2) is 28.3 Å². The van der Waals surface area contributed by atoms with Crippen LogP contribution in [0.25, 0.3) is 22.1 Å². The molecule has 5 N–H and O–H groups in total. The van der Waals surface area contributed by atoms with E-state index in [0.29, 0.717) is 86.6 Å². The van der Waals surface area contributed by atoms with E-state index in [9.17, 15) is 24.3 Å². The lowest BCUT2D eigenvalue weighted by Crippen LogP contribution is -2.51. The summed E-state index contributed by atoms with van der Waals surface area (Å²) in [6, 6.07) is 12.1. The average Bonchev–Trinajstić information content (AvgIpc) is 4.18. The maximum Gasteiger partial charge on any atom is 0.407 e. The van der Waals surface area contributed by atoms with Crippen LogP contribution in [0.2, 0.25) is 0 Å². The number of amides is 4. The fourth-order valence-electron chi connectivity index (χ4n) is 11.9. The van der Waals surface area contributed by atoms with E-state index in [1.807, 2.05) is 62.9 Å². The van der Waals surface area contributed by atoms with Gasteiger partial charge < -0.3 is 50.0 Å². The predicted molar refractivity (Wildman–Crippen MR) is 255 cm³/mol. The molecule has 5 aromatic rings. The number of methoxy groups -OCH3 is 1. The summed E-state index contributed by atoms with van der Waals surface area (Å²) in [7, 11) is 1.27. The second-order valence-corrected chi connectivity index (χ2v) is 20.5. The molecule has 6 heterocycles. The molecule has 1 aliphatic carbocycles. The van der Waals surface area contributed by atoms with Crippen LogP contribution in [0.15, 0.2) is 48.5 Å². The fraction of sp³-hybridized carbons (Fsp3) is 0.529. The number of hydrogen-bond acceptors (Lipinski definition) is 9. The molecular weight excluding hydrogens is 887 g/mol. The van der Waals surface area contributed by atoms with E-state index in [4.69, 9.17) is 14.7 Å². The first-order valence-electron chi connectivity index (χ1n) is 24.6. The zero-order chi connectivity index (χ0) is 48.4. The summed E-state index contributed by atoms with van der Waals surface area (Å²) in [4.78, 5) is 75.9. The molecule has 5 fully saturated rings. The maximum atomic E-state index is 16.5. The average molecular weight is 949 g/mol. The van der Waals surface area contributed by atoms with Crippen LogP contribution in [-0.2, 0) is 14.3 Å². The van der Waals surface area contributed by atoms with Crippen LogP contribution in [0.3, 0.4) is 0 Å². The molecule has 0 radical (unpaired) electrons. The molecule has 10 rings (SSSR count). The number of carbonyl (C=O) groups excluding carboxylic acids is 3. The number of likely N-dealkylation sites (tertiary alicyclic amines) is 2. The normalized spacial score (nSPS) is 24.4. The van der Waals surface area contributed by atoms with E-state index in [-0.39, 0.29) is 53.5 Å². The minimum Gasteiger partial charge on any atom is -0.465 e. The zero-order valence-corrected chi connectivity index (χ0v) is 39.8. The Kier molecular flexibility index (Phi) is 12.4. The Morgan fingerprint density at radius 3 is 1.59 bits per heavy atom. The molecule has 5 aliphatic rings. The molecular formula is C51H62F2N10O6. The van der Waals surface area contributed by atoms with Gasteiger partial charge in [0.05, 0.1) is 53.3 Å². The van der Waals surface area contributed by atoms with Crippen LogP contribution in [0.4, 0.5) is 29.7 Å². The third kappa shape index (κ3) is 8.57. The van der Waals surface area contributed by atoms with Gasteiger partial charge in [-0.2, -0.15) is 0 Å². The third-order valence-corrected chi connectivity index (χ3v) is 15.6. The Hall–Kier alpha value is -6.46. The Labute approximate surface area is 399 Å². The summed E-state index contributed by atoms with van der Waals surface area (Å²) in [6.07, 6.45) is 4.53. The minimum absolute atomic E-state index is 0.0383. The molecule has 1 saturated carbocycles. The molecule has 18 heteroatoms. The molecule has 8 atom stereocenters. The Bertz CT molecular complexity index is 2760. The number of anilines is 2. The maximum absolute atomic E-state index is 16.5. The van der Waals surface area contributed by atoms with Crippen molar-refractivity contribution in [3.63, 3.8) is 0 Å². The summed E-state index contributed by atoms with van der Waals surface area (Å²) in [5, 5.41) is 14.6. The largest absolute Gasteiger partial charge is 0.465 e. The zero-order valence-electron chi connectivity index (χ0n) is 39.8. The number of ether oxygens (including phenoxy) is 1. The molecule has 4 saturated heterocycles. The lowest BCUT2D eigenvalue weighted by atomic mass is 9.77. The van der Waals surface area contributed by atoms with Crippen molar-refractivity contribution in [3.8, 4) is 0 Å². The molecule has 366 valence electrons. The third-order valence-electron chi connectivity index (χ3n) is 15.6. The molecule has 69 heavy (non-hydrogen) atoms. The second kappa shape index (κ2) is 18.5. The number of benzene rings is 3. The molecule has 3 aromatic carbocycles. The van der Waals surface area contributed by atoms with Gasteiger partial charge in [-0.3, -0.25) is 9.59 Å². The molecule has 0 bridgehead atoms. The number of nitrogens with one attached hydrogen (secondary N) is 4. The standard InChI is InChI=1S/C51H62F2N10O6/c1-26(2)43(58-50(66)67)48(64)61-18-6-8-41(61)46-54-35-14-12-28(20-37(35)56-46)39-16-17-40(63(39)32-22-33(52)45(34(53)23-32)60-24-30-10-11-31(30)25-60)29-13-15-36-38(21-29)57-47(55-36)42-9-7-19-62(42)49(65)44(27(3)4)59-51(68)69-5/h12-15,20-23,26-27,30-31,39-44,58H,6-11,16-19,24-25H2,1-5H3,(H,54,56)(H,55,57)(H,59,68)(H,66,67)/t30-,31+,39-,40-,41+,42+,43+,44+/m1/s1. The summed E-state index contributed by atoms with van der Waals surface area (Å²) < 4.78 is 37.9. The lowest BCUT2D eigenvalue weighted by molar-refractivity contribution is -0.136. The van der Waals surface area contributed by atoms with E-state index in [2.05, 4.69) is 31.6 Å². The van der Waals surface area contributed by atoms with Gasteiger partial charge in [0.2, 0.25) is 11.8 Å². The van der Waals surface area contributed by atoms with Gasteiger partial charge in [0.15, 0.2) is 11.6 Å². The number of fused-ring (bicyclic) bond motifs is 3. The van der Waals surface area contributed by atoms with Gasteiger partial charge >= 0.3 is 12.2 Å². The lowest BCUT2D eigenvalue weighted by Gasteiger charge is -2.34. The van der Waals surface area contributed by atoms with Crippen LogP contribution in [0.1, 0.15) is 126 Å². The number of halogens is 2. The van der Waals surface area contributed by atoms with Crippen molar-refractivity contribution in [2.24, 2.45) is 23.7 Å². The van der Waals surface area contributed by atoms with E-state index < -0.39 is 35.9 Å². The van der Waals surface area contributed by atoms with Gasteiger partial charge in [0, 0.05) is 31.9 Å². The van der Waals surface area contributed by atoms with Gasteiger partial charge in [-0.05, 0) is 123 Å². The molecule has 0 unspecified atom stereocenters. The van der Waals surface area contributed by atoms with Crippen LogP contribution < -0.4 is 20.4 Å². The first-order chi connectivity index (χ1) is 33.2. The van der Waals surface area contributed by atoms with Crippen molar-refractivity contribution in [1.29, 1.82) is 0 Å². The second-order valence-electron chi connectivity index (χ2n) is 20.5. The minimum atomic E-state index is -1.25. The Morgan fingerprint density at radius 1 is 0.681 bits per heavy atom. The summed E-state index contributed by atoms with van der Waals surface area (Å²) in [5.74, 6) is 0.177. The number of carbonyl (C=O) groups is 4. The number of aromatic amines is 2. The number of H-pyrrole nitrogens is 2. The predicted octanol–water partition coefficient (Wildman–Crippen LogP) is 8.65. The van der Waals surface area contributed by atoms with Crippen LogP contribution in [0.5, 0.6) is 0 Å². The van der Waals surface area contributed by atoms with E-state index in [0.717, 1.165) is 53.4 Å². The van der Waals surface area contributed by atoms with Crippen molar-refractivity contribution in [2.75, 3.05) is 43.1 Å². The number of carboxylic acid groups (broad SMARTS) is 1. The quantitative estimate of drug-likeness (QED) is 0.0809. The van der Waals surface area contributed by atoms with Gasteiger partial charge in [0.25, 0.3) is 0 Å². The molecule has 0 spiro atoms. The smallest absolute Gasteiger partial charge is 0.407 e. The molecule has 16 nitrogen and oxygen atoms in total. The summed E-state index contributed by atoms with van der Waals surface area (Å²) in [6.45, 7) is 9.72. The highest BCUT2D eigenvalue weighted by Gasteiger charge is 2.43. The van der Waals surface area contributed by atoms with Gasteiger partial charge in [-0.1, -0.05) is 39.8 Å². The molecule has 2 aromatic heterocycles. The van der Waals surface area contributed by atoms with Crippen molar-refractivity contribution in [2.45, 2.75) is 115 Å². The summed E-state index contributed by atoms with van der Waals surface area (Å²) in [5.41, 5.74) is 5.33. The number of alkyl carbamates (subject to hydrolysis) is 1. The molecule has 4 amide bonds.